The number of hydrogen-bond donors (Lipinski definition) is 2. The van der Waals surface area contributed by atoms with Crippen molar-refractivity contribution in [1.29, 1.82) is 0 Å². The summed E-state index contributed by atoms with van der Waals surface area (Å²) in [5.41, 5.74) is 3.94. The number of fused-ring (bicyclic) bond motifs is 3. The average Bonchev–Trinajstić information content (AvgIpc) is 3.02. The van der Waals surface area contributed by atoms with Crippen molar-refractivity contribution in [3.05, 3.63) is 59.7 Å². The Kier molecular flexibility index (Phi) is 6.46. The molecule has 160 valence electrons. The Hall–Kier alpha value is -2.86. The molecule has 6 heteroatoms. The molecule has 1 aliphatic carbocycles. The van der Waals surface area contributed by atoms with Crippen LogP contribution in [-0.4, -0.2) is 41.5 Å². The van der Waals surface area contributed by atoms with Gasteiger partial charge in [0.15, 0.2) is 6.04 Å². The van der Waals surface area contributed by atoms with Crippen molar-refractivity contribution < 1.29 is 24.2 Å². The van der Waals surface area contributed by atoms with Crippen LogP contribution in [0.1, 0.15) is 51.2 Å². The number of rotatable bonds is 7. The highest BCUT2D eigenvalue weighted by molar-refractivity contribution is 5.81. The van der Waals surface area contributed by atoms with Crippen LogP contribution in [0.5, 0.6) is 0 Å². The van der Waals surface area contributed by atoms with Gasteiger partial charge in [-0.3, -0.25) is 0 Å². The van der Waals surface area contributed by atoms with Gasteiger partial charge in [0.25, 0.3) is 0 Å². The number of carboxylic acid groups (broad SMARTS) is 1. The molecular weight excluding hydrogens is 382 g/mol. The minimum atomic E-state index is -1.19. The average molecular weight is 411 g/mol. The van der Waals surface area contributed by atoms with E-state index in [1.54, 1.807) is 0 Å². The first kappa shape index (κ1) is 21.8. The van der Waals surface area contributed by atoms with E-state index in [2.05, 4.69) is 17.4 Å². The topological polar surface area (TPSA) is 84.9 Å². The predicted molar refractivity (Wildman–Crippen MR) is 115 cm³/mol. The second-order valence-corrected chi connectivity index (χ2v) is 8.46. The van der Waals surface area contributed by atoms with Crippen LogP contribution in [0.3, 0.4) is 0 Å². The Labute approximate surface area is 177 Å². The van der Waals surface area contributed by atoms with E-state index in [1.807, 2.05) is 64.1 Å². The molecule has 0 heterocycles. The summed E-state index contributed by atoms with van der Waals surface area (Å²) in [4.78, 5) is 24.2. The van der Waals surface area contributed by atoms with Crippen LogP contribution in [0, 0.1) is 0 Å². The zero-order valence-electron chi connectivity index (χ0n) is 17.8. The largest absolute Gasteiger partial charge is 0.480 e. The Morgan fingerprint density at radius 1 is 1.03 bits per heavy atom. The lowest BCUT2D eigenvalue weighted by molar-refractivity contribution is -0.148. The molecule has 2 atom stereocenters. The van der Waals surface area contributed by atoms with Crippen LogP contribution in [0.2, 0.25) is 0 Å². The monoisotopic (exact) mass is 411 g/mol. The van der Waals surface area contributed by atoms with E-state index in [4.69, 9.17) is 9.47 Å². The smallest absolute Gasteiger partial charge is 0.407 e. The van der Waals surface area contributed by atoms with Crippen molar-refractivity contribution in [2.75, 3.05) is 6.61 Å². The van der Waals surface area contributed by atoms with E-state index in [0.717, 1.165) is 22.3 Å². The molecule has 0 fully saturated rings. The second kappa shape index (κ2) is 8.88. The van der Waals surface area contributed by atoms with Gasteiger partial charge in [-0.05, 0) is 49.4 Å². The number of hydrogen-bond acceptors (Lipinski definition) is 4. The normalized spacial score (nSPS) is 15.1. The van der Waals surface area contributed by atoms with Crippen molar-refractivity contribution in [2.45, 2.75) is 57.8 Å². The van der Waals surface area contributed by atoms with Crippen LogP contribution in [0.25, 0.3) is 11.1 Å². The molecule has 1 amide bonds. The van der Waals surface area contributed by atoms with Gasteiger partial charge in [0.2, 0.25) is 0 Å². The summed E-state index contributed by atoms with van der Waals surface area (Å²) in [7, 11) is 0. The van der Waals surface area contributed by atoms with Gasteiger partial charge in [-0.2, -0.15) is 0 Å². The van der Waals surface area contributed by atoms with E-state index >= 15 is 0 Å². The van der Waals surface area contributed by atoms with Gasteiger partial charge in [0, 0.05) is 5.92 Å². The van der Waals surface area contributed by atoms with Gasteiger partial charge in [-0.15, -0.1) is 0 Å². The number of nitrogens with one attached hydrogen (secondary N) is 1. The molecule has 0 saturated carbocycles. The first-order chi connectivity index (χ1) is 14.2. The highest BCUT2D eigenvalue weighted by Crippen LogP contribution is 2.44. The summed E-state index contributed by atoms with van der Waals surface area (Å²) in [6, 6.07) is 14.9. The maximum atomic E-state index is 12.5. The van der Waals surface area contributed by atoms with Gasteiger partial charge in [0.05, 0.1) is 11.7 Å². The van der Waals surface area contributed by atoms with Gasteiger partial charge in [-0.1, -0.05) is 55.5 Å². The van der Waals surface area contributed by atoms with Crippen LogP contribution in [0.15, 0.2) is 48.5 Å². The molecule has 0 spiro atoms. The maximum absolute atomic E-state index is 12.5. The van der Waals surface area contributed by atoms with Crippen molar-refractivity contribution in [3.63, 3.8) is 0 Å². The predicted octanol–water partition coefficient (Wildman–Crippen LogP) is 4.57. The number of benzene rings is 2. The first-order valence-electron chi connectivity index (χ1n) is 10.2. The van der Waals surface area contributed by atoms with Crippen molar-refractivity contribution in [2.24, 2.45) is 0 Å². The van der Waals surface area contributed by atoms with Gasteiger partial charge in [-0.25, -0.2) is 9.59 Å². The molecule has 0 aromatic heterocycles. The molecule has 2 N–H and O–H groups in total. The Morgan fingerprint density at radius 3 is 2.03 bits per heavy atom. The third kappa shape index (κ3) is 4.82. The van der Waals surface area contributed by atoms with E-state index < -0.39 is 29.8 Å². The van der Waals surface area contributed by atoms with Crippen molar-refractivity contribution in [3.8, 4) is 11.1 Å². The highest BCUT2D eigenvalue weighted by atomic mass is 16.6. The summed E-state index contributed by atoms with van der Waals surface area (Å²) >= 11 is 0. The molecular formula is C24H29NO5. The summed E-state index contributed by atoms with van der Waals surface area (Å²) in [5, 5.41) is 12.1. The summed E-state index contributed by atoms with van der Waals surface area (Å²) in [6.45, 7) is 7.50. The van der Waals surface area contributed by atoms with Crippen LogP contribution < -0.4 is 5.32 Å². The molecule has 0 aliphatic heterocycles. The quantitative estimate of drug-likeness (QED) is 0.697. The first-order valence-corrected chi connectivity index (χ1v) is 10.2. The number of amides is 1. The van der Waals surface area contributed by atoms with E-state index in [9.17, 15) is 14.7 Å². The fourth-order valence-corrected chi connectivity index (χ4v) is 3.92. The van der Waals surface area contributed by atoms with Crippen LogP contribution in [0.4, 0.5) is 4.79 Å². The fourth-order valence-electron chi connectivity index (χ4n) is 3.92. The van der Waals surface area contributed by atoms with Gasteiger partial charge < -0.3 is 19.9 Å². The SMILES string of the molecule is CC[C@@H](OC(C)(C)C)[C@H](NC(=O)OCC1c2ccccc2-c2ccccc21)C(=O)O. The Bertz CT molecular complexity index is 872. The Balaban J connectivity index is 1.70. The molecule has 0 saturated heterocycles. The van der Waals surface area contributed by atoms with Crippen molar-refractivity contribution in [1.82, 2.24) is 5.32 Å². The molecule has 1 aliphatic rings. The minimum Gasteiger partial charge on any atom is -0.480 e. The van der Waals surface area contributed by atoms with E-state index in [0.29, 0.717) is 6.42 Å². The number of ether oxygens (including phenoxy) is 2. The van der Waals surface area contributed by atoms with E-state index in [-0.39, 0.29) is 12.5 Å². The zero-order chi connectivity index (χ0) is 21.9. The third-order valence-corrected chi connectivity index (χ3v) is 5.16. The molecule has 0 bridgehead atoms. The summed E-state index contributed by atoms with van der Waals surface area (Å²) in [5.74, 6) is -1.24. The van der Waals surface area contributed by atoms with E-state index in [1.165, 1.54) is 0 Å². The molecule has 0 unspecified atom stereocenters. The fraction of sp³-hybridized carbons (Fsp3) is 0.417. The lowest BCUT2D eigenvalue weighted by atomic mass is 9.98. The number of carboxylic acids is 1. The standard InChI is InChI=1S/C24H29NO5/c1-5-20(30-24(2,3)4)21(22(26)27)25-23(28)29-14-19-17-12-8-6-10-15(17)16-11-7-9-13-18(16)19/h6-13,19-21H,5,14H2,1-4H3,(H,25,28)(H,26,27)/t20-,21+/m1/s1. The number of carbonyl (C=O) groups excluding carboxylic acids is 1. The molecule has 6 nitrogen and oxygen atoms in total. The highest BCUT2D eigenvalue weighted by Gasteiger charge is 2.34. The molecule has 3 rings (SSSR count). The molecule has 0 radical (unpaired) electrons. The zero-order valence-corrected chi connectivity index (χ0v) is 17.8. The minimum absolute atomic E-state index is 0.0841. The number of carbonyl (C=O) groups is 2. The number of alkyl carbamates (subject to hydrolysis) is 1. The number of aliphatic carboxylic acids is 1. The maximum Gasteiger partial charge on any atom is 0.407 e. The lowest BCUT2D eigenvalue weighted by Gasteiger charge is -2.31. The lowest BCUT2D eigenvalue weighted by Crippen LogP contribution is -2.51. The molecule has 30 heavy (non-hydrogen) atoms. The molecule has 2 aromatic carbocycles. The van der Waals surface area contributed by atoms with Gasteiger partial charge in [0.1, 0.15) is 6.61 Å². The second-order valence-electron chi connectivity index (χ2n) is 8.46. The van der Waals surface area contributed by atoms with Crippen LogP contribution in [-0.2, 0) is 14.3 Å². The summed E-state index contributed by atoms with van der Waals surface area (Å²) in [6.07, 6.45) is -0.985. The third-order valence-electron chi connectivity index (χ3n) is 5.16. The van der Waals surface area contributed by atoms with Gasteiger partial charge >= 0.3 is 12.1 Å². The van der Waals surface area contributed by atoms with Crippen molar-refractivity contribution >= 4 is 12.1 Å². The molecule has 2 aromatic rings. The Morgan fingerprint density at radius 2 is 1.57 bits per heavy atom. The summed E-state index contributed by atoms with van der Waals surface area (Å²) < 4.78 is 11.3. The van der Waals surface area contributed by atoms with Crippen LogP contribution >= 0.6 is 0 Å².